The molecule has 0 fully saturated rings. The predicted molar refractivity (Wildman–Crippen MR) is 90.4 cm³/mol. The molecule has 1 aromatic heterocycles. The van der Waals surface area contributed by atoms with E-state index in [0.717, 1.165) is 30.6 Å². The monoisotopic (exact) mass is 342 g/mol. The third kappa shape index (κ3) is 9.02. The molecule has 7 nitrogen and oxygen atoms in total. The van der Waals surface area contributed by atoms with Crippen LogP contribution in [0.25, 0.3) is 0 Å². The van der Waals surface area contributed by atoms with Gasteiger partial charge in [-0.15, -0.1) is 11.3 Å². The van der Waals surface area contributed by atoms with Crippen LogP contribution >= 0.6 is 11.3 Å². The summed E-state index contributed by atoms with van der Waals surface area (Å²) in [4.78, 5) is 27.8. The summed E-state index contributed by atoms with van der Waals surface area (Å²) in [6, 6.07) is 0.0978. The summed E-state index contributed by atoms with van der Waals surface area (Å²) in [5.41, 5.74) is 1.70. The first-order valence-electron chi connectivity index (χ1n) is 7.98. The zero-order valence-electron chi connectivity index (χ0n) is 13.8. The van der Waals surface area contributed by atoms with Crippen molar-refractivity contribution in [3.63, 3.8) is 0 Å². The Hall–Kier alpha value is -1.83. The van der Waals surface area contributed by atoms with Gasteiger partial charge in [0.05, 0.1) is 10.4 Å². The predicted octanol–water partition coefficient (Wildman–Crippen LogP) is 2.64. The highest BCUT2D eigenvalue weighted by Gasteiger charge is 2.07. The Morgan fingerprint density at radius 3 is 2.52 bits per heavy atom. The molecular formula is C15H26N4O3S. The van der Waals surface area contributed by atoms with Crippen LogP contribution in [-0.2, 0) is 11.3 Å². The molecule has 0 spiro atoms. The molecule has 0 saturated carbocycles. The number of carbonyl (C=O) groups excluding carboxylic acids is 2. The molecule has 0 atom stereocenters. The second-order valence-electron chi connectivity index (χ2n) is 5.09. The molecule has 1 rings (SSSR count). The van der Waals surface area contributed by atoms with Gasteiger partial charge in [-0.1, -0.05) is 13.8 Å². The van der Waals surface area contributed by atoms with Crippen molar-refractivity contribution in [3.05, 3.63) is 16.6 Å². The highest BCUT2D eigenvalue weighted by atomic mass is 32.1. The molecule has 130 valence electrons. The fourth-order valence-corrected chi connectivity index (χ4v) is 2.38. The van der Waals surface area contributed by atoms with Crippen LogP contribution in [0.3, 0.4) is 0 Å². The highest BCUT2D eigenvalue weighted by molar-refractivity contribution is 7.09. The second kappa shape index (κ2) is 11.7. The summed E-state index contributed by atoms with van der Waals surface area (Å²) in [5, 5.41) is 8.40. The number of amides is 3. The van der Waals surface area contributed by atoms with E-state index >= 15 is 0 Å². The topological polar surface area (TPSA) is 92.4 Å². The molecule has 0 aromatic carbocycles. The largest absolute Gasteiger partial charge is 0.444 e. The molecule has 8 heteroatoms. The third-order valence-electron chi connectivity index (χ3n) is 3.31. The van der Waals surface area contributed by atoms with Crippen LogP contribution in [0.2, 0.25) is 0 Å². The van der Waals surface area contributed by atoms with Crippen LogP contribution in [-0.4, -0.2) is 36.2 Å². The van der Waals surface area contributed by atoms with Crippen LogP contribution in [0.5, 0.6) is 0 Å². The molecule has 0 aliphatic rings. The molecule has 0 aliphatic heterocycles. The van der Waals surface area contributed by atoms with Crippen molar-refractivity contribution < 1.29 is 14.3 Å². The van der Waals surface area contributed by atoms with Gasteiger partial charge in [-0.05, 0) is 25.7 Å². The molecule has 3 N–H and O–H groups in total. The van der Waals surface area contributed by atoms with Crippen molar-refractivity contribution >= 4 is 23.5 Å². The quantitative estimate of drug-likeness (QED) is 0.570. The van der Waals surface area contributed by atoms with Crippen molar-refractivity contribution in [2.24, 2.45) is 0 Å². The standard InChI is InChI=1S/C15H26N4O3S/c1-3-12(4-2)19-14(20)17-7-5-6-8-18-15(21)22-10-13-9-16-11-23-13/h9,11-12H,3-8,10H2,1-2H3,(H,18,21)(H2,17,19,20). The molecule has 0 aliphatic carbocycles. The summed E-state index contributed by atoms with van der Waals surface area (Å²) in [5.74, 6) is 0. The number of nitrogens with one attached hydrogen (secondary N) is 3. The Morgan fingerprint density at radius 1 is 1.22 bits per heavy atom. The normalized spacial score (nSPS) is 10.4. The van der Waals surface area contributed by atoms with Crippen molar-refractivity contribution in [2.75, 3.05) is 13.1 Å². The lowest BCUT2D eigenvalue weighted by Gasteiger charge is -2.15. The Balaban J connectivity index is 1.96. The maximum atomic E-state index is 11.6. The third-order valence-corrected chi connectivity index (χ3v) is 4.06. The number of unbranched alkanes of at least 4 members (excludes halogenated alkanes) is 1. The van der Waals surface area contributed by atoms with Gasteiger partial charge in [0, 0.05) is 25.3 Å². The lowest BCUT2D eigenvalue weighted by Crippen LogP contribution is -2.42. The molecule has 1 aromatic rings. The number of hydrogen-bond acceptors (Lipinski definition) is 5. The summed E-state index contributed by atoms with van der Waals surface area (Å²) >= 11 is 1.45. The fourth-order valence-electron chi connectivity index (χ4n) is 1.87. The number of thiazole rings is 1. The van der Waals surface area contributed by atoms with E-state index in [0.29, 0.717) is 13.1 Å². The maximum absolute atomic E-state index is 11.6. The SMILES string of the molecule is CCC(CC)NC(=O)NCCCCNC(=O)OCc1cncs1. The molecule has 0 unspecified atom stereocenters. The van der Waals surface area contributed by atoms with E-state index in [2.05, 4.69) is 20.9 Å². The average molecular weight is 342 g/mol. The number of alkyl carbamates (subject to hydrolysis) is 1. The number of aromatic nitrogens is 1. The van der Waals surface area contributed by atoms with Gasteiger partial charge in [0.2, 0.25) is 0 Å². The van der Waals surface area contributed by atoms with Crippen LogP contribution in [0, 0.1) is 0 Å². The summed E-state index contributed by atoms with van der Waals surface area (Å²) < 4.78 is 5.04. The van der Waals surface area contributed by atoms with E-state index < -0.39 is 6.09 Å². The molecule has 1 heterocycles. The molecule has 0 bridgehead atoms. The molecule has 0 saturated heterocycles. The van der Waals surface area contributed by atoms with Crippen molar-refractivity contribution in [1.29, 1.82) is 0 Å². The fraction of sp³-hybridized carbons (Fsp3) is 0.667. The Labute approximate surface area is 141 Å². The Kier molecular flexibility index (Phi) is 9.78. The van der Waals surface area contributed by atoms with E-state index in [1.165, 1.54) is 11.3 Å². The van der Waals surface area contributed by atoms with Gasteiger partial charge in [0.15, 0.2) is 0 Å². The van der Waals surface area contributed by atoms with Gasteiger partial charge < -0.3 is 20.7 Å². The minimum atomic E-state index is -0.433. The lowest BCUT2D eigenvalue weighted by atomic mass is 10.2. The zero-order valence-corrected chi connectivity index (χ0v) is 14.6. The summed E-state index contributed by atoms with van der Waals surface area (Å²) in [6.07, 6.45) is 4.68. The van der Waals surface area contributed by atoms with Crippen molar-refractivity contribution in [3.8, 4) is 0 Å². The number of urea groups is 1. The Morgan fingerprint density at radius 2 is 1.91 bits per heavy atom. The van der Waals surface area contributed by atoms with Crippen molar-refractivity contribution in [2.45, 2.75) is 52.2 Å². The van der Waals surface area contributed by atoms with E-state index in [-0.39, 0.29) is 18.7 Å². The first kappa shape index (κ1) is 19.2. The number of ether oxygens (including phenoxy) is 1. The number of nitrogens with zero attached hydrogens (tertiary/aromatic N) is 1. The summed E-state index contributed by atoms with van der Waals surface area (Å²) in [6.45, 7) is 5.46. The molecular weight excluding hydrogens is 316 g/mol. The van der Waals surface area contributed by atoms with Gasteiger partial charge in [-0.2, -0.15) is 0 Å². The van der Waals surface area contributed by atoms with Crippen LogP contribution in [0.1, 0.15) is 44.4 Å². The summed E-state index contributed by atoms with van der Waals surface area (Å²) in [7, 11) is 0. The number of hydrogen-bond donors (Lipinski definition) is 3. The average Bonchev–Trinajstić information content (AvgIpc) is 3.07. The first-order valence-corrected chi connectivity index (χ1v) is 8.86. The van der Waals surface area contributed by atoms with Crippen LogP contribution < -0.4 is 16.0 Å². The molecule has 23 heavy (non-hydrogen) atoms. The van der Waals surface area contributed by atoms with Crippen molar-refractivity contribution in [1.82, 2.24) is 20.9 Å². The van der Waals surface area contributed by atoms with E-state index in [4.69, 9.17) is 4.74 Å². The van der Waals surface area contributed by atoms with Gasteiger partial charge in [-0.3, -0.25) is 4.98 Å². The zero-order chi connectivity index (χ0) is 16.9. The van der Waals surface area contributed by atoms with E-state index in [1.54, 1.807) is 11.7 Å². The van der Waals surface area contributed by atoms with Gasteiger partial charge >= 0.3 is 12.1 Å². The highest BCUT2D eigenvalue weighted by Crippen LogP contribution is 2.06. The van der Waals surface area contributed by atoms with Crippen LogP contribution in [0.15, 0.2) is 11.7 Å². The molecule has 0 radical (unpaired) electrons. The maximum Gasteiger partial charge on any atom is 0.407 e. The first-order chi connectivity index (χ1) is 11.2. The number of carbonyl (C=O) groups is 2. The minimum absolute atomic E-state index is 0.129. The van der Waals surface area contributed by atoms with E-state index in [1.807, 2.05) is 13.8 Å². The van der Waals surface area contributed by atoms with Gasteiger partial charge in [0.25, 0.3) is 0 Å². The lowest BCUT2D eigenvalue weighted by molar-refractivity contribution is 0.140. The van der Waals surface area contributed by atoms with E-state index in [9.17, 15) is 9.59 Å². The number of rotatable bonds is 10. The molecule has 3 amide bonds. The Bertz CT molecular complexity index is 450. The smallest absolute Gasteiger partial charge is 0.407 e. The minimum Gasteiger partial charge on any atom is -0.444 e. The van der Waals surface area contributed by atoms with Gasteiger partial charge in [-0.25, -0.2) is 9.59 Å². The van der Waals surface area contributed by atoms with Gasteiger partial charge in [0.1, 0.15) is 6.61 Å². The second-order valence-corrected chi connectivity index (χ2v) is 6.06. The van der Waals surface area contributed by atoms with Crippen LogP contribution in [0.4, 0.5) is 9.59 Å².